The van der Waals surface area contributed by atoms with Gasteiger partial charge in [0.1, 0.15) is 0 Å². The maximum absolute atomic E-state index is 6.46. The van der Waals surface area contributed by atoms with E-state index in [2.05, 4.69) is 39.9 Å². The van der Waals surface area contributed by atoms with Crippen LogP contribution in [0.2, 0.25) is 5.02 Å². The zero-order valence-electron chi connectivity index (χ0n) is 13.0. The van der Waals surface area contributed by atoms with Crippen LogP contribution < -0.4 is 4.90 Å². The van der Waals surface area contributed by atoms with Gasteiger partial charge < -0.3 is 9.64 Å². The number of piperazine rings is 1. The molecule has 0 saturated carbocycles. The fourth-order valence-electron chi connectivity index (χ4n) is 3.49. The molecule has 5 nitrogen and oxygen atoms in total. The van der Waals surface area contributed by atoms with Crippen molar-refractivity contribution in [3.05, 3.63) is 23.4 Å². The van der Waals surface area contributed by atoms with Crippen LogP contribution in [0.4, 0.5) is 5.69 Å². The fraction of sp³-hybridized carbons (Fsp3) is 0.562. The number of aromatic nitrogens is 2. The number of hydrogen-bond acceptors (Lipinski definition) is 4. The summed E-state index contributed by atoms with van der Waals surface area (Å²) in [5.74, 6) is 0. The molecule has 3 heterocycles. The van der Waals surface area contributed by atoms with Crippen LogP contribution in [0.15, 0.2) is 18.3 Å². The average Bonchev–Trinajstić information content (AvgIpc) is 2.99. The highest BCUT2D eigenvalue weighted by Crippen LogP contribution is 2.35. The molecule has 2 aliphatic rings. The van der Waals surface area contributed by atoms with Crippen molar-refractivity contribution in [2.24, 2.45) is 0 Å². The zero-order valence-corrected chi connectivity index (χ0v) is 13.7. The van der Waals surface area contributed by atoms with Crippen molar-refractivity contribution >= 4 is 28.2 Å². The van der Waals surface area contributed by atoms with E-state index < -0.39 is 0 Å². The lowest BCUT2D eigenvalue weighted by atomic mass is 9.88. The summed E-state index contributed by atoms with van der Waals surface area (Å²) in [4.78, 5) is 4.92. The SMILES string of the molecule is C[C@@H]1OCC1(C)N1CCN(c2cc3[nH]ncc3cc2Cl)CC1. The summed E-state index contributed by atoms with van der Waals surface area (Å²) in [6, 6.07) is 4.10. The monoisotopic (exact) mass is 320 g/mol. The highest BCUT2D eigenvalue weighted by Gasteiger charge is 2.46. The number of ether oxygens (including phenoxy) is 1. The third-order valence-corrected chi connectivity index (χ3v) is 5.65. The van der Waals surface area contributed by atoms with Crippen LogP contribution in [0.5, 0.6) is 0 Å². The molecule has 4 rings (SSSR count). The molecule has 0 bridgehead atoms. The summed E-state index contributed by atoms with van der Waals surface area (Å²) in [5, 5.41) is 8.95. The minimum Gasteiger partial charge on any atom is -0.374 e. The van der Waals surface area contributed by atoms with Gasteiger partial charge in [-0.05, 0) is 26.0 Å². The van der Waals surface area contributed by atoms with Gasteiger partial charge >= 0.3 is 0 Å². The van der Waals surface area contributed by atoms with E-state index in [1.165, 1.54) is 0 Å². The number of fused-ring (bicyclic) bond motifs is 1. The molecular formula is C16H21ClN4O. The molecule has 0 aliphatic carbocycles. The first-order chi connectivity index (χ1) is 10.6. The number of anilines is 1. The van der Waals surface area contributed by atoms with Crippen molar-refractivity contribution in [3.8, 4) is 0 Å². The van der Waals surface area contributed by atoms with Crippen molar-refractivity contribution in [2.45, 2.75) is 25.5 Å². The molecule has 6 heteroatoms. The van der Waals surface area contributed by atoms with Crippen molar-refractivity contribution in [2.75, 3.05) is 37.7 Å². The first-order valence-corrected chi connectivity index (χ1v) is 8.20. The second-order valence-corrected chi connectivity index (χ2v) is 6.95. The first kappa shape index (κ1) is 14.3. The summed E-state index contributed by atoms with van der Waals surface area (Å²) in [6.07, 6.45) is 2.13. The van der Waals surface area contributed by atoms with Gasteiger partial charge in [0.25, 0.3) is 0 Å². The van der Waals surface area contributed by atoms with E-state index in [1.807, 2.05) is 12.3 Å². The molecule has 2 fully saturated rings. The Morgan fingerprint density at radius 3 is 2.73 bits per heavy atom. The molecule has 2 aromatic rings. The van der Waals surface area contributed by atoms with Crippen LogP contribution in [-0.2, 0) is 4.74 Å². The number of nitrogens with zero attached hydrogens (tertiary/aromatic N) is 3. The normalized spacial score (nSPS) is 29.8. The molecule has 1 N–H and O–H groups in total. The molecule has 1 aromatic heterocycles. The maximum atomic E-state index is 6.46. The number of nitrogens with one attached hydrogen (secondary N) is 1. The van der Waals surface area contributed by atoms with Crippen molar-refractivity contribution in [1.82, 2.24) is 15.1 Å². The van der Waals surface area contributed by atoms with E-state index in [4.69, 9.17) is 16.3 Å². The van der Waals surface area contributed by atoms with Crippen molar-refractivity contribution in [3.63, 3.8) is 0 Å². The van der Waals surface area contributed by atoms with Gasteiger partial charge in [-0.1, -0.05) is 11.6 Å². The van der Waals surface area contributed by atoms with Gasteiger partial charge in [0.15, 0.2) is 0 Å². The van der Waals surface area contributed by atoms with E-state index in [-0.39, 0.29) is 5.54 Å². The van der Waals surface area contributed by atoms with Crippen LogP contribution in [0.1, 0.15) is 13.8 Å². The standard InChI is InChI=1S/C16H21ClN4O/c1-11-16(2,10-22-11)21-5-3-20(4-6-21)15-8-14-12(7-13(15)17)9-18-19-14/h7-9,11H,3-6,10H2,1-2H3,(H,18,19)/t11-,16?/m0/s1. The Bertz CT molecular complexity index is 695. The summed E-state index contributed by atoms with van der Waals surface area (Å²) in [7, 11) is 0. The minimum atomic E-state index is 0.198. The van der Waals surface area contributed by atoms with Crippen LogP contribution in [-0.4, -0.2) is 59.5 Å². The number of H-pyrrole nitrogens is 1. The second-order valence-electron chi connectivity index (χ2n) is 6.55. The first-order valence-electron chi connectivity index (χ1n) is 7.82. The lowest BCUT2D eigenvalue weighted by molar-refractivity contribution is -0.186. The van der Waals surface area contributed by atoms with Gasteiger partial charge in [0, 0.05) is 31.6 Å². The Kier molecular flexibility index (Phi) is 3.33. The Morgan fingerprint density at radius 1 is 1.32 bits per heavy atom. The highest BCUT2D eigenvalue weighted by molar-refractivity contribution is 6.34. The average molecular weight is 321 g/mol. The molecule has 1 unspecified atom stereocenters. The van der Waals surface area contributed by atoms with Gasteiger partial charge in [-0.3, -0.25) is 10.00 Å². The molecule has 0 amide bonds. The lowest BCUT2D eigenvalue weighted by Crippen LogP contribution is -2.68. The lowest BCUT2D eigenvalue weighted by Gasteiger charge is -2.54. The summed E-state index contributed by atoms with van der Waals surface area (Å²) in [5.41, 5.74) is 2.33. The summed E-state index contributed by atoms with van der Waals surface area (Å²) in [6.45, 7) is 9.38. The molecule has 2 aliphatic heterocycles. The van der Waals surface area contributed by atoms with Gasteiger partial charge in [-0.15, -0.1) is 0 Å². The summed E-state index contributed by atoms with van der Waals surface area (Å²) < 4.78 is 5.58. The van der Waals surface area contributed by atoms with Gasteiger partial charge in [0.2, 0.25) is 0 Å². The molecule has 0 spiro atoms. The molecule has 118 valence electrons. The topological polar surface area (TPSA) is 44.4 Å². The molecule has 0 radical (unpaired) electrons. The minimum absolute atomic E-state index is 0.198. The van der Waals surface area contributed by atoms with E-state index in [9.17, 15) is 0 Å². The number of aromatic amines is 1. The van der Waals surface area contributed by atoms with Crippen LogP contribution >= 0.6 is 11.6 Å². The Balaban J connectivity index is 1.51. The number of halogens is 1. The van der Waals surface area contributed by atoms with Gasteiger partial charge in [-0.25, -0.2) is 0 Å². The fourth-order valence-corrected chi connectivity index (χ4v) is 3.78. The third kappa shape index (κ3) is 2.11. The molecule has 2 saturated heterocycles. The number of hydrogen-bond donors (Lipinski definition) is 1. The maximum Gasteiger partial charge on any atom is 0.0751 e. The quantitative estimate of drug-likeness (QED) is 0.923. The van der Waals surface area contributed by atoms with Crippen LogP contribution in [0.3, 0.4) is 0 Å². The Labute approximate surface area is 135 Å². The van der Waals surface area contributed by atoms with Crippen LogP contribution in [0, 0.1) is 0 Å². The van der Waals surface area contributed by atoms with Crippen molar-refractivity contribution in [1.29, 1.82) is 0 Å². The third-order valence-electron chi connectivity index (χ3n) is 5.35. The predicted molar refractivity (Wildman–Crippen MR) is 88.7 cm³/mol. The van der Waals surface area contributed by atoms with Crippen molar-refractivity contribution < 1.29 is 4.74 Å². The Hall–Kier alpha value is -1.30. The van der Waals surface area contributed by atoms with E-state index in [1.54, 1.807) is 0 Å². The van der Waals surface area contributed by atoms with E-state index in [0.717, 1.165) is 54.4 Å². The van der Waals surface area contributed by atoms with E-state index in [0.29, 0.717) is 6.10 Å². The zero-order chi connectivity index (χ0) is 15.3. The second kappa shape index (κ2) is 5.11. The summed E-state index contributed by atoms with van der Waals surface area (Å²) >= 11 is 6.46. The van der Waals surface area contributed by atoms with E-state index >= 15 is 0 Å². The van der Waals surface area contributed by atoms with Gasteiger partial charge in [-0.2, -0.15) is 5.10 Å². The Morgan fingerprint density at radius 2 is 2.09 bits per heavy atom. The molecule has 22 heavy (non-hydrogen) atoms. The largest absolute Gasteiger partial charge is 0.374 e. The molecule has 2 atom stereocenters. The molecular weight excluding hydrogens is 300 g/mol. The predicted octanol–water partition coefficient (Wildman–Crippen LogP) is 2.52. The number of rotatable bonds is 2. The number of benzene rings is 1. The molecule has 1 aromatic carbocycles. The van der Waals surface area contributed by atoms with Gasteiger partial charge in [0.05, 0.1) is 40.7 Å². The highest BCUT2D eigenvalue weighted by atomic mass is 35.5. The smallest absolute Gasteiger partial charge is 0.0751 e. The van der Waals surface area contributed by atoms with Crippen LogP contribution in [0.25, 0.3) is 10.9 Å².